The highest BCUT2D eigenvalue weighted by Gasteiger charge is 2.36. The van der Waals surface area contributed by atoms with Crippen LogP contribution in [0, 0.1) is 0 Å². The molecule has 1 aliphatic heterocycles. The van der Waals surface area contributed by atoms with E-state index in [1.165, 1.54) is 11.8 Å². The van der Waals surface area contributed by atoms with Gasteiger partial charge in [-0.25, -0.2) is 4.99 Å². The molecule has 3 aromatic carbocycles. The molecule has 2 amide bonds. The van der Waals surface area contributed by atoms with Crippen molar-refractivity contribution < 1.29 is 9.59 Å². The number of nitrogens with one attached hydrogen (secondary N) is 1. The van der Waals surface area contributed by atoms with Gasteiger partial charge in [0, 0.05) is 27.2 Å². The lowest BCUT2D eigenvalue weighted by Crippen LogP contribution is -2.44. The number of amides is 2. The quantitative estimate of drug-likeness (QED) is 0.404. The Hall–Kier alpha value is -2.51. The number of amidine groups is 1. The summed E-state index contributed by atoms with van der Waals surface area (Å²) in [6.45, 7) is 0.358. The van der Waals surface area contributed by atoms with Gasteiger partial charge in [-0.15, -0.1) is 0 Å². The molecule has 1 heterocycles. The molecule has 33 heavy (non-hydrogen) atoms. The lowest BCUT2D eigenvalue weighted by atomic mass is 10.2. The summed E-state index contributed by atoms with van der Waals surface area (Å²) in [6, 6.07) is 21.4. The third kappa shape index (κ3) is 6.30. The lowest BCUT2D eigenvalue weighted by Gasteiger charge is -2.32. The van der Waals surface area contributed by atoms with Gasteiger partial charge in [0.05, 0.1) is 12.2 Å². The van der Waals surface area contributed by atoms with Crippen LogP contribution in [0.2, 0.25) is 15.1 Å². The molecule has 1 fully saturated rings. The van der Waals surface area contributed by atoms with Crippen molar-refractivity contribution in [1.82, 2.24) is 4.90 Å². The van der Waals surface area contributed by atoms with E-state index in [1.54, 1.807) is 47.4 Å². The Labute approximate surface area is 210 Å². The molecule has 168 valence electrons. The van der Waals surface area contributed by atoms with Crippen molar-refractivity contribution in [2.24, 2.45) is 4.99 Å². The molecule has 0 saturated carbocycles. The fourth-order valence-electron chi connectivity index (χ4n) is 3.24. The van der Waals surface area contributed by atoms with E-state index >= 15 is 0 Å². The SMILES string of the molecule is O=C(Nc1cc(Cl)cc(Cl)c1)C1CC(=O)N(Cc2ccccc2)C(=Nc2ccc(Cl)cc2)S1. The average Bonchev–Trinajstić information content (AvgIpc) is 2.77. The number of benzene rings is 3. The average molecular weight is 519 g/mol. The van der Waals surface area contributed by atoms with E-state index in [2.05, 4.69) is 10.3 Å². The smallest absolute Gasteiger partial charge is 0.238 e. The molecule has 1 atom stereocenters. The van der Waals surface area contributed by atoms with E-state index in [0.29, 0.717) is 38.2 Å². The van der Waals surface area contributed by atoms with Crippen LogP contribution >= 0.6 is 46.6 Å². The summed E-state index contributed by atoms with van der Waals surface area (Å²) in [7, 11) is 0. The predicted molar refractivity (Wildman–Crippen MR) is 137 cm³/mol. The normalized spacial score (nSPS) is 17.3. The summed E-state index contributed by atoms with van der Waals surface area (Å²) < 4.78 is 0. The molecule has 0 bridgehead atoms. The standard InChI is InChI=1S/C24H18Cl3N3O2S/c25-16-6-8-19(9-7-16)29-24-30(14-15-4-2-1-3-5-15)22(31)13-21(33-24)23(32)28-20-11-17(26)10-18(27)12-20/h1-12,21H,13-14H2,(H,28,32). The number of rotatable bonds is 5. The minimum atomic E-state index is -0.659. The van der Waals surface area contributed by atoms with Crippen molar-refractivity contribution in [2.75, 3.05) is 5.32 Å². The lowest BCUT2D eigenvalue weighted by molar-refractivity contribution is -0.129. The van der Waals surface area contributed by atoms with Crippen molar-refractivity contribution in [3.05, 3.63) is 93.4 Å². The molecule has 1 unspecified atom stereocenters. The second-order valence-electron chi connectivity index (χ2n) is 7.29. The molecule has 0 aromatic heterocycles. The van der Waals surface area contributed by atoms with Gasteiger partial charge in [0.1, 0.15) is 5.25 Å². The van der Waals surface area contributed by atoms with E-state index in [0.717, 1.165) is 5.56 Å². The molecule has 1 aliphatic rings. The van der Waals surface area contributed by atoms with Crippen molar-refractivity contribution in [3.63, 3.8) is 0 Å². The number of carbonyl (C=O) groups is 2. The van der Waals surface area contributed by atoms with Crippen LogP contribution in [0.1, 0.15) is 12.0 Å². The van der Waals surface area contributed by atoms with Gasteiger partial charge in [-0.1, -0.05) is 76.9 Å². The molecule has 1 saturated heterocycles. The minimum absolute atomic E-state index is 0.0390. The van der Waals surface area contributed by atoms with Crippen LogP contribution < -0.4 is 5.32 Å². The molecule has 3 aromatic rings. The molecule has 9 heteroatoms. The number of thioether (sulfide) groups is 1. The zero-order valence-corrected chi connectivity index (χ0v) is 20.3. The zero-order chi connectivity index (χ0) is 23.4. The Morgan fingerprint density at radius 3 is 2.30 bits per heavy atom. The van der Waals surface area contributed by atoms with Crippen molar-refractivity contribution in [2.45, 2.75) is 18.2 Å². The van der Waals surface area contributed by atoms with E-state index in [9.17, 15) is 9.59 Å². The van der Waals surface area contributed by atoms with Gasteiger partial charge in [-0.3, -0.25) is 14.5 Å². The first-order valence-electron chi connectivity index (χ1n) is 9.99. The first-order valence-corrected chi connectivity index (χ1v) is 12.0. The van der Waals surface area contributed by atoms with Crippen LogP contribution in [0.25, 0.3) is 0 Å². The molecule has 0 aliphatic carbocycles. The van der Waals surface area contributed by atoms with Gasteiger partial charge < -0.3 is 5.32 Å². The van der Waals surface area contributed by atoms with Crippen LogP contribution in [0.3, 0.4) is 0 Å². The van der Waals surface area contributed by atoms with Gasteiger partial charge in [0.25, 0.3) is 0 Å². The van der Waals surface area contributed by atoms with Gasteiger partial charge in [0.15, 0.2) is 5.17 Å². The number of aliphatic imine (C=N–C) groups is 1. The summed E-state index contributed by atoms with van der Waals surface area (Å²) in [5.74, 6) is -0.510. The van der Waals surface area contributed by atoms with E-state index < -0.39 is 5.25 Å². The Kier molecular flexibility index (Phi) is 7.60. The van der Waals surface area contributed by atoms with E-state index in [4.69, 9.17) is 34.8 Å². The third-order valence-corrected chi connectivity index (χ3v) is 6.67. The Morgan fingerprint density at radius 1 is 0.970 bits per heavy atom. The second kappa shape index (κ2) is 10.6. The van der Waals surface area contributed by atoms with Crippen molar-refractivity contribution >= 4 is 74.9 Å². The molecule has 5 nitrogen and oxygen atoms in total. The van der Waals surface area contributed by atoms with Gasteiger partial charge in [-0.05, 0) is 48.0 Å². The summed E-state index contributed by atoms with van der Waals surface area (Å²) in [5.41, 5.74) is 2.07. The molecular formula is C24H18Cl3N3O2S. The second-order valence-corrected chi connectivity index (χ2v) is 9.77. The van der Waals surface area contributed by atoms with Gasteiger partial charge in [-0.2, -0.15) is 0 Å². The number of anilines is 1. The first kappa shape index (κ1) is 23.6. The summed E-state index contributed by atoms with van der Waals surface area (Å²) >= 11 is 19.3. The Bertz CT molecular complexity index is 1180. The van der Waals surface area contributed by atoms with Crippen molar-refractivity contribution in [3.8, 4) is 0 Å². The fraction of sp³-hybridized carbons (Fsp3) is 0.125. The highest BCUT2D eigenvalue weighted by molar-refractivity contribution is 8.15. The van der Waals surface area contributed by atoms with Gasteiger partial charge in [0.2, 0.25) is 11.8 Å². The highest BCUT2D eigenvalue weighted by Crippen LogP contribution is 2.32. The zero-order valence-electron chi connectivity index (χ0n) is 17.2. The Balaban J connectivity index is 1.60. The molecule has 4 rings (SSSR count). The summed E-state index contributed by atoms with van der Waals surface area (Å²) in [5, 5.41) is 3.99. The predicted octanol–water partition coefficient (Wildman–Crippen LogP) is 6.81. The van der Waals surface area contributed by atoms with Crippen LogP contribution in [-0.4, -0.2) is 27.1 Å². The maximum absolute atomic E-state index is 13.1. The number of hydrogen-bond donors (Lipinski definition) is 1. The van der Waals surface area contributed by atoms with Crippen molar-refractivity contribution in [1.29, 1.82) is 0 Å². The number of hydrogen-bond acceptors (Lipinski definition) is 4. The first-order chi connectivity index (χ1) is 15.9. The molecule has 0 radical (unpaired) electrons. The molecule has 1 N–H and O–H groups in total. The van der Waals surface area contributed by atoms with Crippen LogP contribution in [0.4, 0.5) is 11.4 Å². The summed E-state index contributed by atoms with van der Waals surface area (Å²) in [4.78, 5) is 32.4. The van der Waals surface area contributed by atoms with Crippen LogP contribution in [-0.2, 0) is 16.1 Å². The minimum Gasteiger partial charge on any atom is -0.325 e. The number of halogens is 3. The highest BCUT2D eigenvalue weighted by atomic mass is 35.5. The topological polar surface area (TPSA) is 61.8 Å². The maximum Gasteiger partial charge on any atom is 0.238 e. The van der Waals surface area contributed by atoms with Crippen LogP contribution in [0.15, 0.2) is 77.8 Å². The Morgan fingerprint density at radius 2 is 1.64 bits per heavy atom. The largest absolute Gasteiger partial charge is 0.325 e. The third-order valence-electron chi connectivity index (χ3n) is 4.80. The fourth-order valence-corrected chi connectivity index (χ4v) is 4.99. The maximum atomic E-state index is 13.1. The molecular weight excluding hydrogens is 501 g/mol. The van der Waals surface area contributed by atoms with Gasteiger partial charge >= 0.3 is 0 Å². The van der Waals surface area contributed by atoms with E-state index in [-0.39, 0.29) is 18.2 Å². The van der Waals surface area contributed by atoms with Crippen LogP contribution in [0.5, 0.6) is 0 Å². The molecule has 0 spiro atoms. The van der Waals surface area contributed by atoms with E-state index in [1.807, 2.05) is 30.3 Å². The monoisotopic (exact) mass is 517 g/mol. The number of carbonyl (C=O) groups excluding carboxylic acids is 2. The number of nitrogens with zero attached hydrogens (tertiary/aromatic N) is 2. The summed E-state index contributed by atoms with van der Waals surface area (Å²) in [6.07, 6.45) is 0.0390.